The van der Waals surface area contributed by atoms with E-state index in [0.717, 1.165) is 12.8 Å². The molecule has 0 aliphatic rings. The molecule has 0 bridgehead atoms. The Hall–Kier alpha value is -0.610. The second-order valence-electron chi connectivity index (χ2n) is 6.51. The molecule has 0 aromatic heterocycles. The monoisotopic (exact) mass is 315 g/mol. The molecule has 0 aliphatic heterocycles. The van der Waals surface area contributed by atoms with Crippen molar-refractivity contribution >= 4 is 5.97 Å². The van der Waals surface area contributed by atoms with Crippen molar-refractivity contribution in [2.24, 2.45) is 5.73 Å². The van der Waals surface area contributed by atoms with Crippen LogP contribution in [0.15, 0.2) is 0 Å². The van der Waals surface area contributed by atoms with Crippen molar-refractivity contribution in [3.8, 4) is 0 Å². The van der Waals surface area contributed by atoms with Crippen LogP contribution in [-0.4, -0.2) is 28.3 Å². The van der Waals surface area contributed by atoms with Gasteiger partial charge in [-0.1, -0.05) is 84.0 Å². The van der Waals surface area contributed by atoms with Gasteiger partial charge in [-0.05, 0) is 6.42 Å². The predicted molar refractivity (Wildman–Crippen MR) is 91.9 cm³/mol. The van der Waals surface area contributed by atoms with E-state index in [9.17, 15) is 9.90 Å². The molecule has 0 saturated heterocycles. The van der Waals surface area contributed by atoms with Gasteiger partial charge in [-0.15, -0.1) is 0 Å². The van der Waals surface area contributed by atoms with Gasteiger partial charge in [0.05, 0.1) is 12.5 Å². The van der Waals surface area contributed by atoms with Crippen LogP contribution < -0.4 is 5.73 Å². The van der Waals surface area contributed by atoms with Gasteiger partial charge in [0.1, 0.15) is 0 Å². The van der Waals surface area contributed by atoms with Gasteiger partial charge < -0.3 is 15.9 Å². The lowest BCUT2D eigenvalue weighted by atomic mass is 10.0. The van der Waals surface area contributed by atoms with Crippen LogP contribution in [0.1, 0.15) is 96.8 Å². The van der Waals surface area contributed by atoms with E-state index in [-0.39, 0.29) is 6.42 Å². The molecule has 0 amide bonds. The van der Waals surface area contributed by atoms with Gasteiger partial charge in [0, 0.05) is 6.04 Å². The minimum absolute atomic E-state index is 0.251. The molecule has 2 unspecified atom stereocenters. The van der Waals surface area contributed by atoms with Gasteiger partial charge in [-0.25, -0.2) is 0 Å². The van der Waals surface area contributed by atoms with E-state index in [1.807, 2.05) is 0 Å². The second kappa shape index (κ2) is 15.3. The lowest BCUT2D eigenvalue weighted by Gasteiger charge is -2.16. The number of carbonyl (C=O) groups is 1. The molecule has 0 rings (SSSR count). The Kier molecular flexibility index (Phi) is 14.9. The number of unbranched alkanes of at least 4 members (excludes halogenated alkanes) is 11. The molecule has 0 fully saturated rings. The van der Waals surface area contributed by atoms with Crippen molar-refractivity contribution in [2.45, 2.75) is 109 Å². The van der Waals surface area contributed by atoms with Gasteiger partial charge in [0.25, 0.3) is 0 Å². The van der Waals surface area contributed by atoms with Crippen LogP contribution in [0.3, 0.4) is 0 Å². The average molecular weight is 315 g/mol. The maximum Gasteiger partial charge on any atom is 0.306 e. The number of aliphatic hydroxyl groups is 1. The molecule has 0 aromatic carbocycles. The molecule has 2 atom stereocenters. The van der Waals surface area contributed by atoms with Crippen LogP contribution >= 0.6 is 0 Å². The van der Waals surface area contributed by atoms with E-state index in [1.165, 1.54) is 64.2 Å². The molecule has 0 heterocycles. The summed E-state index contributed by atoms with van der Waals surface area (Å²) in [4.78, 5) is 10.5. The zero-order valence-corrected chi connectivity index (χ0v) is 14.4. The van der Waals surface area contributed by atoms with Gasteiger partial charge in [0.2, 0.25) is 0 Å². The zero-order valence-electron chi connectivity index (χ0n) is 14.4. The molecule has 132 valence electrons. The van der Waals surface area contributed by atoms with Crippen molar-refractivity contribution in [3.05, 3.63) is 0 Å². The maximum absolute atomic E-state index is 10.5. The zero-order chi connectivity index (χ0) is 16.6. The molecule has 4 N–H and O–H groups in total. The van der Waals surface area contributed by atoms with Crippen LogP contribution in [0.4, 0.5) is 0 Å². The summed E-state index contributed by atoms with van der Waals surface area (Å²) in [6.45, 7) is 2.25. The van der Waals surface area contributed by atoms with Gasteiger partial charge >= 0.3 is 5.97 Å². The van der Waals surface area contributed by atoms with Crippen molar-refractivity contribution < 1.29 is 15.0 Å². The Bertz CT molecular complexity index is 259. The summed E-state index contributed by atoms with van der Waals surface area (Å²) >= 11 is 0. The lowest BCUT2D eigenvalue weighted by molar-refractivity contribution is -0.139. The fourth-order valence-electron chi connectivity index (χ4n) is 2.74. The number of aliphatic carboxylic acids is 1. The van der Waals surface area contributed by atoms with Crippen LogP contribution in [0.25, 0.3) is 0 Å². The van der Waals surface area contributed by atoms with E-state index in [4.69, 9.17) is 10.8 Å². The van der Waals surface area contributed by atoms with Crippen molar-refractivity contribution in [2.75, 3.05) is 0 Å². The molecule has 0 radical (unpaired) electrons. The number of hydrogen-bond acceptors (Lipinski definition) is 3. The molecule has 4 heteroatoms. The minimum atomic E-state index is -0.988. The van der Waals surface area contributed by atoms with Crippen LogP contribution in [0.2, 0.25) is 0 Å². The predicted octanol–water partition coefficient (Wildman–Crippen LogP) is 4.24. The molecule has 0 saturated carbocycles. The SMILES string of the molecule is CCCCCCCCCCCCCCC(N)C(O)CC(=O)O. The molecular weight excluding hydrogens is 278 g/mol. The first-order chi connectivity index (χ1) is 10.6. The fourth-order valence-corrected chi connectivity index (χ4v) is 2.74. The third-order valence-electron chi connectivity index (χ3n) is 4.27. The standard InChI is InChI=1S/C18H37NO3/c1-2-3-4-5-6-7-8-9-10-11-12-13-14-16(19)17(20)15-18(21)22/h16-17,20H,2-15,19H2,1H3,(H,21,22). The minimum Gasteiger partial charge on any atom is -0.481 e. The molecular formula is C18H37NO3. The Balaban J connectivity index is 3.24. The molecule has 22 heavy (non-hydrogen) atoms. The number of carboxylic acid groups (broad SMARTS) is 1. The number of hydrogen-bond donors (Lipinski definition) is 3. The summed E-state index contributed by atoms with van der Waals surface area (Å²) in [5, 5.41) is 18.1. The summed E-state index contributed by atoms with van der Waals surface area (Å²) in [5.41, 5.74) is 5.78. The number of carboxylic acids is 1. The van der Waals surface area contributed by atoms with Crippen LogP contribution in [0.5, 0.6) is 0 Å². The molecule has 0 aromatic rings. The first kappa shape index (κ1) is 21.4. The highest BCUT2D eigenvalue weighted by Gasteiger charge is 2.17. The summed E-state index contributed by atoms with van der Waals surface area (Å²) < 4.78 is 0. The molecule has 0 aliphatic carbocycles. The van der Waals surface area contributed by atoms with Gasteiger partial charge in [-0.2, -0.15) is 0 Å². The van der Waals surface area contributed by atoms with E-state index in [0.29, 0.717) is 6.42 Å². The number of aliphatic hydroxyl groups excluding tert-OH is 1. The first-order valence-electron chi connectivity index (χ1n) is 9.23. The third-order valence-corrected chi connectivity index (χ3v) is 4.27. The summed E-state index contributed by atoms with van der Waals surface area (Å²) in [6.07, 6.45) is 15.1. The van der Waals surface area contributed by atoms with E-state index >= 15 is 0 Å². The summed E-state index contributed by atoms with van der Waals surface area (Å²) in [6, 6.07) is -0.403. The average Bonchev–Trinajstić information content (AvgIpc) is 2.47. The topological polar surface area (TPSA) is 83.5 Å². The Morgan fingerprint density at radius 2 is 1.27 bits per heavy atom. The van der Waals surface area contributed by atoms with Crippen LogP contribution in [-0.2, 0) is 4.79 Å². The molecule has 0 spiro atoms. The second-order valence-corrected chi connectivity index (χ2v) is 6.51. The third kappa shape index (κ3) is 14.3. The number of nitrogens with two attached hydrogens (primary N) is 1. The Morgan fingerprint density at radius 3 is 1.68 bits per heavy atom. The normalized spacial score (nSPS) is 14.0. The highest BCUT2D eigenvalue weighted by Crippen LogP contribution is 2.13. The van der Waals surface area contributed by atoms with E-state index in [1.54, 1.807) is 0 Å². The quantitative estimate of drug-likeness (QED) is 0.372. The lowest BCUT2D eigenvalue weighted by Crippen LogP contribution is -2.36. The van der Waals surface area contributed by atoms with Gasteiger partial charge in [-0.3, -0.25) is 4.79 Å². The Morgan fingerprint density at radius 1 is 0.864 bits per heavy atom. The van der Waals surface area contributed by atoms with E-state index < -0.39 is 18.1 Å². The van der Waals surface area contributed by atoms with Crippen LogP contribution in [0, 0.1) is 0 Å². The summed E-state index contributed by atoms with van der Waals surface area (Å²) in [5.74, 6) is -0.988. The highest BCUT2D eigenvalue weighted by atomic mass is 16.4. The largest absolute Gasteiger partial charge is 0.481 e. The number of rotatable bonds is 16. The first-order valence-corrected chi connectivity index (χ1v) is 9.23. The highest BCUT2D eigenvalue weighted by molar-refractivity contribution is 5.67. The Labute approximate surface area is 136 Å². The fraction of sp³-hybridized carbons (Fsp3) is 0.944. The van der Waals surface area contributed by atoms with E-state index in [2.05, 4.69) is 6.92 Å². The van der Waals surface area contributed by atoms with Crippen molar-refractivity contribution in [1.82, 2.24) is 0 Å². The van der Waals surface area contributed by atoms with Crippen molar-refractivity contribution in [3.63, 3.8) is 0 Å². The maximum atomic E-state index is 10.5. The smallest absolute Gasteiger partial charge is 0.306 e. The van der Waals surface area contributed by atoms with Crippen molar-refractivity contribution in [1.29, 1.82) is 0 Å². The van der Waals surface area contributed by atoms with Gasteiger partial charge in [0.15, 0.2) is 0 Å². The molecule has 4 nitrogen and oxygen atoms in total. The summed E-state index contributed by atoms with van der Waals surface area (Å²) in [7, 11) is 0.